The van der Waals surface area contributed by atoms with Gasteiger partial charge in [-0.25, -0.2) is 9.59 Å². The maximum Gasteiger partial charge on any atom is 0.333 e. The lowest BCUT2D eigenvalue weighted by molar-refractivity contribution is -0.157. The van der Waals surface area contributed by atoms with Gasteiger partial charge in [-0.1, -0.05) is 73.6 Å². The van der Waals surface area contributed by atoms with Crippen molar-refractivity contribution in [3.8, 4) is 0 Å². The van der Waals surface area contributed by atoms with Crippen LogP contribution in [0.4, 0.5) is 0 Å². The fourth-order valence-corrected chi connectivity index (χ4v) is 11.3. The van der Waals surface area contributed by atoms with Crippen LogP contribution < -0.4 is 0 Å². The summed E-state index contributed by atoms with van der Waals surface area (Å²) in [6, 6.07) is 0. The molecule has 0 aromatic rings. The Balaban J connectivity index is 1.76. The monoisotopic (exact) mass is 943 g/mol. The molecule has 67 heavy (non-hydrogen) atoms. The van der Waals surface area contributed by atoms with E-state index in [2.05, 4.69) is 123 Å². The highest BCUT2D eigenvalue weighted by atomic mass is 16.6. The fraction of sp³-hybridized carbons (Fsp3) is 0.864. The van der Waals surface area contributed by atoms with E-state index >= 15 is 0 Å². The summed E-state index contributed by atoms with van der Waals surface area (Å²) in [6.07, 6.45) is 19.5. The van der Waals surface area contributed by atoms with Crippen LogP contribution in [0.3, 0.4) is 0 Å². The first-order valence-corrected chi connectivity index (χ1v) is 26.3. The normalized spacial score (nSPS) is 23.6. The van der Waals surface area contributed by atoms with Gasteiger partial charge in [-0.15, -0.1) is 6.58 Å². The summed E-state index contributed by atoms with van der Waals surface area (Å²) >= 11 is 0. The number of allylic oxidation sites excluding steroid dienone is 1. The maximum absolute atomic E-state index is 12.1. The molecule has 0 radical (unpaired) electrons. The summed E-state index contributed by atoms with van der Waals surface area (Å²) in [5.74, 6) is 1.26. The molecule has 2 aliphatic rings. The summed E-state index contributed by atoms with van der Waals surface area (Å²) in [4.78, 5) is 23.8. The van der Waals surface area contributed by atoms with Crippen LogP contribution in [0.2, 0.25) is 0 Å². The molecule has 0 N–H and O–H groups in total. The van der Waals surface area contributed by atoms with E-state index in [1.54, 1.807) is 6.92 Å². The van der Waals surface area contributed by atoms with Gasteiger partial charge in [0.15, 0.2) is 0 Å². The van der Waals surface area contributed by atoms with Gasteiger partial charge in [0.05, 0.1) is 35.6 Å². The van der Waals surface area contributed by atoms with Crippen molar-refractivity contribution in [3.05, 3.63) is 37.5 Å². The van der Waals surface area contributed by atoms with E-state index in [0.29, 0.717) is 48.9 Å². The zero-order valence-corrected chi connectivity index (χ0v) is 47.2. The van der Waals surface area contributed by atoms with Crippen molar-refractivity contribution in [2.45, 2.75) is 261 Å². The van der Waals surface area contributed by atoms with Crippen molar-refractivity contribution in [1.82, 2.24) is 0 Å². The second-order valence-electron chi connectivity index (χ2n) is 26.9. The number of hydrogen-bond donors (Lipinski definition) is 0. The lowest BCUT2D eigenvalue weighted by atomic mass is 9.51. The first-order valence-electron chi connectivity index (χ1n) is 26.3. The molecule has 8 heteroatoms. The van der Waals surface area contributed by atoms with Crippen LogP contribution in [0.1, 0.15) is 228 Å². The van der Waals surface area contributed by atoms with Crippen LogP contribution in [-0.4, -0.2) is 72.0 Å². The van der Waals surface area contributed by atoms with Gasteiger partial charge in [-0.2, -0.15) is 0 Å². The minimum absolute atomic E-state index is 0.0247. The van der Waals surface area contributed by atoms with E-state index in [0.717, 1.165) is 70.5 Å². The van der Waals surface area contributed by atoms with E-state index in [4.69, 9.17) is 28.4 Å². The molecule has 0 spiro atoms. The lowest BCUT2D eigenvalue weighted by Crippen LogP contribution is -2.47. The first-order chi connectivity index (χ1) is 30.4. The Bertz CT molecular complexity index is 1600. The van der Waals surface area contributed by atoms with Crippen LogP contribution in [0, 0.1) is 39.4 Å². The molecular weight excluding hydrogens is 837 g/mol. The van der Waals surface area contributed by atoms with Crippen molar-refractivity contribution in [2.24, 2.45) is 39.4 Å². The van der Waals surface area contributed by atoms with E-state index in [-0.39, 0.29) is 44.6 Å². The number of ether oxygens (including phenoxy) is 6. The number of carbonyl (C=O) groups is 2. The largest absolute Gasteiger partial charge is 0.456 e. The Labute approximate surface area is 413 Å². The highest BCUT2D eigenvalue weighted by Gasteiger charge is 2.51. The van der Waals surface area contributed by atoms with Gasteiger partial charge in [0, 0.05) is 37.7 Å². The molecule has 2 rings (SSSR count). The van der Waals surface area contributed by atoms with Gasteiger partial charge in [0.25, 0.3) is 0 Å². The van der Waals surface area contributed by atoms with E-state index in [9.17, 15) is 9.59 Å². The zero-order chi connectivity index (χ0) is 51.6. The van der Waals surface area contributed by atoms with Crippen LogP contribution >= 0.6 is 0 Å². The number of carbonyl (C=O) groups excluding carboxylic acids is 2. The molecule has 390 valence electrons. The van der Waals surface area contributed by atoms with Crippen LogP contribution in [-0.2, 0) is 38.0 Å². The van der Waals surface area contributed by atoms with Crippen LogP contribution in [0.15, 0.2) is 37.5 Å². The van der Waals surface area contributed by atoms with E-state index < -0.39 is 17.2 Å². The minimum atomic E-state index is -0.610. The molecule has 0 aromatic carbocycles. The third-order valence-corrected chi connectivity index (χ3v) is 16.7. The molecule has 2 saturated carbocycles. The predicted molar refractivity (Wildman–Crippen MR) is 279 cm³/mol. The molecule has 0 amide bonds. The number of unbranched alkanes of at least 4 members (excludes halogenated alkanes) is 2. The molecule has 2 aliphatic carbocycles. The second kappa shape index (κ2) is 23.9. The van der Waals surface area contributed by atoms with Gasteiger partial charge in [0.2, 0.25) is 0 Å². The Morgan fingerprint density at radius 1 is 0.567 bits per heavy atom. The van der Waals surface area contributed by atoms with Gasteiger partial charge >= 0.3 is 11.9 Å². The summed E-state index contributed by atoms with van der Waals surface area (Å²) in [6.45, 7) is 55.5. The molecule has 0 heterocycles. The highest BCUT2D eigenvalue weighted by Crippen LogP contribution is 2.59. The number of rotatable bonds is 32. The summed E-state index contributed by atoms with van der Waals surface area (Å²) < 4.78 is 37.2. The predicted octanol–water partition coefficient (Wildman–Crippen LogP) is 15.6. The second-order valence-corrected chi connectivity index (χ2v) is 26.9. The zero-order valence-electron chi connectivity index (χ0n) is 47.2. The fourth-order valence-electron chi connectivity index (χ4n) is 11.3. The Morgan fingerprint density at radius 2 is 1.00 bits per heavy atom. The Morgan fingerprint density at radius 3 is 1.42 bits per heavy atom. The van der Waals surface area contributed by atoms with Gasteiger partial charge < -0.3 is 28.4 Å². The number of hydrogen-bond acceptors (Lipinski definition) is 8. The van der Waals surface area contributed by atoms with Gasteiger partial charge in [0.1, 0.15) is 11.2 Å². The molecule has 0 aliphatic heterocycles. The summed E-state index contributed by atoms with van der Waals surface area (Å²) in [7, 11) is 0. The molecule has 2 fully saturated rings. The molecule has 0 bridgehead atoms. The average Bonchev–Trinajstić information content (AvgIpc) is 3.14. The minimum Gasteiger partial charge on any atom is -0.456 e. The molecule has 3 atom stereocenters. The highest BCUT2D eigenvalue weighted by molar-refractivity contribution is 5.87. The third kappa shape index (κ3) is 20.0. The van der Waals surface area contributed by atoms with Gasteiger partial charge in [-0.3, -0.25) is 0 Å². The van der Waals surface area contributed by atoms with Crippen molar-refractivity contribution in [2.75, 3.05) is 26.4 Å². The van der Waals surface area contributed by atoms with Crippen molar-refractivity contribution in [1.29, 1.82) is 0 Å². The first kappa shape index (κ1) is 61.1. The SMILES string of the molecule is C=CC(=O)OC(C)(C)CCOC(C)(C)C(C)(C)CCCCOC(C)(C)CC1(C)CC(C2CCC(C)(CC(C)(C)OCCCCC(C)(C)C(C)(C)OCCC(C)(C)OC(=O)C(=C)C)CC2C=C)C1. The maximum atomic E-state index is 12.1. The van der Waals surface area contributed by atoms with Crippen LogP contribution in [0.25, 0.3) is 0 Å². The van der Waals surface area contributed by atoms with Gasteiger partial charge in [-0.05, 0) is 200 Å². The van der Waals surface area contributed by atoms with Crippen molar-refractivity contribution < 1.29 is 38.0 Å². The van der Waals surface area contributed by atoms with Crippen molar-refractivity contribution in [3.63, 3.8) is 0 Å². The summed E-state index contributed by atoms with van der Waals surface area (Å²) in [5.41, 5.74) is -1.30. The van der Waals surface area contributed by atoms with Crippen LogP contribution in [0.5, 0.6) is 0 Å². The summed E-state index contributed by atoms with van der Waals surface area (Å²) in [5, 5.41) is 0. The Kier molecular flexibility index (Phi) is 21.8. The lowest BCUT2D eigenvalue weighted by Gasteiger charge is -2.55. The molecular formula is C59H106O8. The molecule has 3 unspecified atom stereocenters. The molecule has 8 nitrogen and oxygen atoms in total. The Hall–Kier alpha value is -2.00. The molecule has 0 aromatic heterocycles. The number of esters is 2. The van der Waals surface area contributed by atoms with Crippen molar-refractivity contribution >= 4 is 11.9 Å². The third-order valence-electron chi connectivity index (χ3n) is 16.7. The average molecular weight is 943 g/mol. The smallest absolute Gasteiger partial charge is 0.333 e. The standard InChI is InChI=1S/C59H106O8/c1-23-45-39-58(21,42-54(13,14)62-35-27-25-30-51(7,8)57(19,20)65-38-34-53(11,12)67-49(61)44(3)4)32-29-47(45)46-40-59(22,41-46)43-55(15,16)63-36-28-26-31-50(5,6)56(17,18)64-37-33-52(9,10)66-48(60)24-2/h23-24,45-47H,1-3,25-43H2,4-22H3. The van der Waals surface area contributed by atoms with E-state index in [1.807, 2.05) is 27.7 Å². The molecule has 0 saturated heterocycles. The topological polar surface area (TPSA) is 89.5 Å². The van der Waals surface area contributed by atoms with E-state index in [1.165, 1.54) is 38.2 Å². The quantitative estimate of drug-likeness (QED) is 0.0285.